The number of aryl methyl sites for hydroxylation is 1. The molecule has 156 valence electrons. The largest absolute Gasteiger partial charge is 0.486 e. The molecule has 0 fully saturated rings. The summed E-state index contributed by atoms with van der Waals surface area (Å²) in [7, 11) is 0. The molecular weight excluding hydrogens is 414 g/mol. The van der Waals surface area contributed by atoms with Gasteiger partial charge in [0.15, 0.2) is 5.76 Å². The van der Waals surface area contributed by atoms with Gasteiger partial charge in [-0.3, -0.25) is 9.59 Å². The first kappa shape index (κ1) is 20.4. The van der Waals surface area contributed by atoms with Crippen LogP contribution in [0.2, 0.25) is 0 Å². The highest BCUT2D eigenvalue weighted by molar-refractivity contribution is 7.09. The number of aromatic nitrogens is 1. The van der Waals surface area contributed by atoms with Gasteiger partial charge in [-0.15, -0.1) is 11.3 Å². The lowest BCUT2D eigenvalue weighted by Gasteiger charge is -2.07. The number of ether oxygens (including phenoxy) is 1. The lowest BCUT2D eigenvalue weighted by atomic mass is 10.2. The van der Waals surface area contributed by atoms with Crippen LogP contribution < -0.4 is 15.4 Å². The average molecular weight is 433 g/mol. The van der Waals surface area contributed by atoms with Gasteiger partial charge in [0, 0.05) is 16.8 Å². The Labute approximate surface area is 182 Å². The van der Waals surface area contributed by atoms with Crippen molar-refractivity contribution in [3.8, 4) is 5.75 Å². The van der Waals surface area contributed by atoms with E-state index in [2.05, 4.69) is 15.6 Å². The molecule has 0 saturated heterocycles. The van der Waals surface area contributed by atoms with E-state index < -0.39 is 0 Å². The van der Waals surface area contributed by atoms with Gasteiger partial charge in [0.1, 0.15) is 23.1 Å². The van der Waals surface area contributed by atoms with Crippen molar-refractivity contribution in [3.05, 3.63) is 94.3 Å². The van der Waals surface area contributed by atoms with Gasteiger partial charge in [-0.2, -0.15) is 0 Å². The fourth-order valence-corrected chi connectivity index (χ4v) is 3.42. The van der Waals surface area contributed by atoms with E-state index in [1.54, 1.807) is 41.8 Å². The van der Waals surface area contributed by atoms with Crippen molar-refractivity contribution in [2.75, 3.05) is 10.6 Å². The summed E-state index contributed by atoms with van der Waals surface area (Å²) in [5, 5.41) is 7.90. The first-order chi connectivity index (χ1) is 15.1. The van der Waals surface area contributed by atoms with Crippen molar-refractivity contribution in [1.29, 1.82) is 0 Å². The van der Waals surface area contributed by atoms with E-state index >= 15 is 0 Å². The van der Waals surface area contributed by atoms with Crippen molar-refractivity contribution >= 4 is 34.5 Å². The molecule has 0 saturated carbocycles. The number of benzene rings is 2. The van der Waals surface area contributed by atoms with E-state index in [1.807, 2.05) is 31.2 Å². The zero-order chi connectivity index (χ0) is 21.6. The van der Waals surface area contributed by atoms with E-state index in [0.717, 1.165) is 11.3 Å². The van der Waals surface area contributed by atoms with Gasteiger partial charge in [-0.25, -0.2) is 4.98 Å². The first-order valence-electron chi connectivity index (χ1n) is 9.47. The first-order valence-corrected chi connectivity index (χ1v) is 10.3. The maximum atomic E-state index is 12.5. The van der Waals surface area contributed by atoms with Gasteiger partial charge in [0.05, 0.1) is 6.26 Å². The van der Waals surface area contributed by atoms with Crippen molar-refractivity contribution in [1.82, 2.24) is 4.98 Å². The van der Waals surface area contributed by atoms with Gasteiger partial charge in [-0.1, -0.05) is 23.8 Å². The Morgan fingerprint density at radius 1 is 1.00 bits per heavy atom. The highest BCUT2D eigenvalue weighted by atomic mass is 32.1. The number of nitrogens with zero attached hydrogens (tertiary/aromatic N) is 1. The van der Waals surface area contributed by atoms with Gasteiger partial charge in [0.2, 0.25) is 0 Å². The third-order valence-electron chi connectivity index (χ3n) is 4.29. The maximum absolute atomic E-state index is 12.5. The molecule has 2 amide bonds. The lowest BCUT2D eigenvalue weighted by molar-refractivity contribution is 0.0994. The smallest absolute Gasteiger partial charge is 0.291 e. The Hall–Kier alpha value is -3.91. The molecule has 0 spiro atoms. The number of furan rings is 1. The van der Waals surface area contributed by atoms with E-state index in [1.165, 1.54) is 17.6 Å². The van der Waals surface area contributed by atoms with E-state index in [-0.39, 0.29) is 24.2 Å². The molecule has 2 N–H and O–H groups in total. The number of anilines is 2. The molecule has 0 atom stereocenters. The Kier molecular flexibility index (Phi) is 6.09. The Bertz CT molecular complexity index is 1180. The molecule has 8 heteroatoms. The molecule has 31 heavy (non-hydrogen) atoms. The number of hydrogen-bond donors (Lipinski definition) is 2. The van der Waals surface area contributed by atoms with Crippen LogP contribution in [0.4, 0.5) is 11.4 Å². The number of carbonyl (C=O) groups excluding carboxylic acids is 2. The Balaban J connectivity index is 1.35. The minimum absolute atomic E-state index is 0.206. The summed E-state index contributed by atoms with van der Waals surface area (Å²) in [6.07, 6.45) is 1.43. The summed E-state index contributed by atoms with van der Waals surface area (Å²) in [5.74, 6) is 0.246. The van der Waals surface area contributed by atoms with E-state index in [0.29, 0.717) is 22.1 Å². The Morgan fingerprint density at radius 3 is 2.45 bits per heavy atom. The van der Waals surface area contributed by atoms with Crippen LogP contribution in [0.25, 0.3) is 0 Å². The normalized spacial score (nSPS) is 10.5. The summed E-state index contributed by atoms with van der Waals surface area (Å²) in [6.45, 7) is 2.30. The molecule has 7 nitrogen and oxygen atoms in total. The molecular formula is C23H19N3O4S. The van der Waals surface area contributed by atoms with Crippen LogP contribution >= 0.6 is 11.3 Å². The van der Waals surface area contributed by atoms with Gasteiger partial charge < -0.3 is 19.8 Å². The number of thiazole rings is 1. The molecule has 4 aromatic rings. The van der Waals surface area contributed by atoms with Crippen LogP contribution in [0.3, 0.4) is 0 Å². The van der Waals surface area contributed by atoms with Crippen molar-refractivity contribution in [2.24, 2.45) is 0 Å². The van der Waals surface area contributed by atoms with Crippen LogP contribution in [0, 0.1) is 6.92 Å². The van der Waals surface area contributed by atoms with Crippen LogP contribution in [-0.4, -0.2) is 16.8 Å². The zero-order valence-corrected chi connectivity index (χ0v) is 17.4. The average Bonchev–Trinajstić information content (AvgIpc) is 3.46. The second kappa shape index (κ2) is 9.27. The van der Waals surface area contributed by atoms with Gasteiger partial charge in [-0.05, 0) is 49.4 Å². The number of nitrogens with one attached hydrogen (secondary N) is 2. The Morgan fingerprint density at radius 2 is 1.74 bits per heavy atom. The van der Waals surface area contributed by atoms with Crippen molar-refractivity contribution in [2.45, 2.75) is 13.5 Å². The van der Waals surface area contributed by atoms with Gasteiger partial charge >= 0.3 is 0 Å². The third-order valence-corrected chi connectivity index (χ3v) is 5.11. The molecule has 0 aliphatic carbocycles. The number of carbonyl (C=O) groups is 2. The van der Waals surface area contributed by atoms with Crippen LogP contribution in [0.15, 0.2) is 76.7 Å². The zero-order valence-electron chi connectivity index (χ0n) is 16.6. The predicted molar refractivity (Wildman–Crippen MR) is 119 cm³/mol. The van der Waals surface area contributed by atoms with Crippen molar-refractivity contribution in [3.63, 3.8) is 0 Å². The SMILES string of the molecule is Cc1ccc(OCc2nc(C(=O)Nc3cccc(NC(=O)c4ccco4)c3)cs2)cc1. The molecule has 0 aliphatic rings. The highest BCUT2D eigenvalue weighted by Gasteiger charge is 2.13. The molecule has 2 aromatic carbocycles. The topological polar surface area (TPSA) is 93.5 Å². The molecule has 2 aromatic heterocycles. The molecule has 0 radical (unpaired) electrons. The summed E-state index contributed by atoms with van der Waals surface area (Å²) >= 11 is 1.36. The molecule has 0 unspecified atom stereocenters. The van der Waals surface area contributed by atoms with Crippen LogP contribution in [-0.2, 0) is 6.61 Å². The minimum Gasteiger partial charge on any atom is -0.486 e. The van der Waals surface area contributed by atoms with Crippen LogP contribution in [0.5, 0.6) is 5.75 Å². The standard InChI is InChI=1S/C23H19N3O4S/c1-15-7-9-18(10-8-15)30-13-21-26-19(14-31-21)22(27)24-16-4-2-5-17(12-16)25-23(28)20-6-3-11-29-20/h2-12,14H,13H2,1H3,(H,24,27)(H,25,28). The molecule has 0 aliphatic heterocycles. The van der Waals surface area contributed by atoms with Crippen LogP contribution in [0.1, 0.15) is 31.6 Å². The van der Waals surface area contributed by atoms with Gasteiger partial charge in [0.25, 0.3) is 11.8 Å². The predicted octanol–water partition coefficient (Wildman–Crippen LogP) is 5.13. The minimum atomic E-state index is -0.369. The van der Waals surface area contributed by atoms with Crippen molar-refractivity contribution < 1.29 is 18.7 Å². The number of hydrogen-bond acceptors (Lipinski definition) is 6. The summed E-state index contributed by atoms with van der Waals surface area (Å²) in [4.78, 5) is 29.0. The number of amides is 2. The second-order valence-corrected chi connectivity index (χ2v) is 7.64. The lowest BCUT2D eigenvalue weighted by Crippen LogP contribution is -2.14. The molecule has 4 rings (SSSR count). The van der Waals surface area contributed by atoms with E-state index in [9.17, 15) is 9.59 Å². The molecule has 2 heterocycles. The maximum Gasteiger partial charge on any atom is 0.291 e. The quantitative estimate of drug-likeness (QED) is 0.422. The highest BCUT2D eigenvalue weighted by Crippen LogP contribution is 2.19. The number of rotatable bonds is 7. The monoisotopic (exact) mass is 433 g/mol. The fraction of sp³-hybridized carbons (Fsp3) is 0.0870. The second-order valence-electron chi connectivity index (χ2n) is 6.69. The summed E-state index contributed by atoms with van der Waals surface area (Å²) in [6, 6.07) is 17.8. The van der Waals surface area contributed by atoms with E-state index in [4.69, 9.17) is 9.15 Å². The third kappa shape index (κ3) is 5.37. The summed E-state index contributed by atoms with van der Waals surface area (Å²) < 4.78 is 10.8. The molecule has 0 bridgehead atoms. The summed E-state index contributed by atoms with van der Waals surface area (Å²) in [5.41, 5.74) is 2.53. The fourth-order valence-electron chi connectivity index (χ4n) is 2.73.